The number of aliphatic hydroxyl groups excluding tert-OH is 1. The van der Waals surface area contributed by atoms with Crippen molar-refractivity contribution in [1.29, 1.82) is 0 Å². The summed E-state index contributed by atoms with van der Waals surface area (Å²) in [5.41, 5.74) is 0. The lowest BCUT2D eigenvalue weighted by Crippen LogP contribution is -2.36. The summed E-state index contributed by atoms with van der Waals surface area (Å²) in [7, 11) is 0. The predicted octanol–water partition coefficient (Wildman–Crippen LogP) is 8.63. The fraction of sp³-hybridized carbons (Fsp3) is 0.968. The van der Waals surface area contributed by atoms with Gasteiger partial charge in [-0.3, -0.25) is 4.79 Å². The van der Waals surface area contributed by atoms with Gasteiger partial charge in [-0.2, -0.15) is 0 Å². The zero-order valence-corrected chi connectivity index (χ0v) is 23.5. The summed E-state index contributed by atoms with van der Waals surface area (Å²) >= 11 is 0. The predicted molar refractivity (Wildman–Crippen MR) is 150 cm³/mol. The fourth-order valence-corrected chi connectivity index (χ4v) is 5.31. The van der Waals surface area contributed by atoms with Gasteiger partial charge in [-0.05, 0) is 51.5 Å². The van der Waals surface area contributed by atoms with Crippen LogP contribution in [0.4, 0.5) is 0 Å². The van der Waals surface area contributed by atoms with E-state index in [0.29, 0.717) is 19.1 Å². The Balaban J connectivity index is 1.71. The highest BCUT2D eigenvalue weighted by atomic mass is 16.5. The fourth-order valence-electron chi connectivity index (χ4n) is 5.31. The molecule has 0 unspecified atom stereocenters. The molecule has 0 radical (unpaired) electrons. The molecule has 1 aliphatic rings. The number of hydrogen-bond acceptors (Lipinski definition) is 4. The minimum atomic E-state index is -0.0970. The van der Waals surface area contributed by atoms with E-state index in [1.807, 2.05) is 0 Å². The molecular weight excluding hydrogens is 434 g/mol. The molecule has 0 heterocycles. The molecule has 1 aliphatic carbocycles. The van der Waals surface area contributed by atoms with E-state index in [-0.39, 0.29) is 12.1 Å². The molecule has 35 heavy (non-hydrogen) atoms. The molecule has 0 aliphatic heterocycles. The van der Waals surface area contributed by atoms with Gasteiger partial charge in [0.1, 0.15) is 0 Å². The standard InChI is InChI=1S/C31H61NO3/c1-2-3-4-5-6-7-8-9-10-11-12-13-14-18-21-27-35-31(34)25-19-16-15-17-20-26-32-29-23-22-24-30(33)28-29/h29-30,32-33H,2-28H2,1H3/t29-,30-/m0/s1. The molecule has 1 rings (SSSR count). The normalized spacial score (nSPS) is 18.1. The molecule has 1 saturated carbocycles. The molecule has 4 nitrogen and oxygen atoms in total. The van der Waals surface area contributed by atoms with E-state index in [1.165, 1.54) is 116 Å². The Labute approximate surface area is 218 Å². The van der Waals surface area contributed by atoms with Crippen LogP contribution in [0.25, 0.3) is 0 Å². The van der Waals surface area contributed by atoms with Crippen molar-refractivity contribution in [2.75, 3.05) is 13.2 Å². The highest BCUT2D eigenvalue weighted by Crippen LogP contribution is 2.18. The second kappa shape index (κ2) is 25.1. The summed E-state index contributed by atoms with van der Waals surface area (Å²) in [5, 5.41) is 13.3. The molecule has 2 N–H and O–H groups in total. The van der Waals surface area contributed by atoms with Gasteiger partial charge in [0.15, 0.2) is 0 Å². The maximum atomic E-state index is 11.9. The summed E-state index contributed by atoms with van der Waals surface area (Å²) in [5.74, 6) is -0.00659. The van der Waals surface area contributed by atoms with Crippen molar-refractivity contribution in [3.05, 3.63) is 0 Å². The van der Waals surface area contributed by atoms with Crippen LogP contribution < -0.4 is 5.32 Å². The number of hydrogen-bond donors (Lipinski definition) is 2. The first-order chi connectivity index (χ1) is 17.2. The number of aliphatic hydroxyl groups is 1. The number of nitrogens with one attached hydrogen (secondary N) is 1. The van der Waals surface area contributed by atoms with Gasteiger partial charge < -0.3 is 15.2 Å². The van der Waals surface area contributed by atoms with E-state index >= 15 is 0 Å². The first kappa shape index (κ1) is 32.4. The molecule has 1 fully saturated rings. The number of unbranched alkanes of at least 4 members (excludes halogenated alkanes) is 18. The van der Waals surface area contributed by atoms with Crippen LogP contribution in [0.2, 0.25) is 0 Å². The third-order valence-corrected chi connectivity index (χ3v) is 7.65. The molecule has 0 spiro atoms. The second-order valence-electron chi connectivity index (χ2n) is 11.2. The van der Waals surface area contributed by atoms with E-state index < -0.39 is 0 Å². The van der Waals surface area contributed by atoms with Crippen molar-refractivity contribution in [3.8, 4) is 0 Å². The Morgan fingerprint density at radius 3 is 1.80 bits per heavy atom. The van der Waals surface area contributed by atoms with E-state index in [2.05, 4.69) is 12.2 Å². The second-order valence-corrected chi connectivity index (χ2v) is 11.2. The third-order valence-electron chi connectivity index (χ3n) is 7.65. The Bertz CT molecular complexity index is 457. The van der Waals surface area contributed by atoms with Crippen LogP contribution in [-0.4, -0.2) is 36.4 Å². The van der Waals surface area contributed by atoms with E-state index in [1.54, 1.807) is 0 Å². The summed E-state index contributed by atoms with van der Waals surface area (Å²) in [6.45, 7) is 3.95. The first-order valence-corrected chi connectivity index (χ1v) is 15.8. The molecule has 0 amide bonds. The zero-order chi connectivity index (χ0) is 25.2. The smallest absolute Gasteiger partial charge is 0.305 e. The highest BCUT2D eigenvalue weighted by Gasteiger charge is 2.18. The van der Waals surface area contributed by atoms with Crippen molar-refractivity contribution in [1.82, 2.24) is 5.32 Å². The van der Waals surface area contributed by atoms with Gasteiger partial charge in [-0.1, -0.05) is 116 Å². The lowest BCUT2D eigenvalue weighted by Gasteiger charge is -2.26. The van der Waals surface area contributed by atoms with E-state index in [4.69, 9.17) is 4.74 Å². The topological polar surface area (TPSA) is 58.6 Å². The number of rotatable bonds is 25. The average molecular weight is 496 g/mol. The van der Waals surface area contributed by atoms with Gasteiger partial charge in [0.05, 0.1) is 12.7 Å². The SMILES string of the molecule is CCCCCCCCCCCCCCCCCOC(=O)CCCCCCCN[C@H]1CCC[C@H](O)C1. The van der Waals surface area contributed by atoms with Crippen LogP contribution >= 0.6 is 0 Å². The van der Waals surface area contributed by atoms with Crippen LogP contribution in [0.15, 0.2) is 0 Å². The Hall–Kier alpha value is -0.610. The maximum Gasteiger partial charge on any atom is 0.305 e. The molecule has 0 bridgehead atoms. The van der Waals surface area contributed by atoms with E-state index in [0.717, 1.165) is 45.1 Å². The van der Waals surface area contributed by atoms with Crippen LogP contribution in [0, 0.1) is 0 Å². The Morgan fingerprint density at radius 1 is 0.714 bits per heavy atom. The van der Waals surface area contributed by atoms with Crippen LogP contribution in [0.5, 0.6) is 0 Å². The lowest BCUT2D eigenvalue weighted by molar-refractivity contribution is -0.143. The molecular formula is C31H61NO3. The number of carbonyl (C=O) groups excluding carboxylic acids is 1. The van der Waals surface area contributed by atoms with Gasteiger partial charge >= 0.3 is 5.97 Å². The van der Waals surface area contributed by atoms with Gasteiger partial charge in [0, 0.05) is 12.5 Å². The van der Waals surface area contributed by atoms with Crippen molar-refractivity contribution in [3.63, 3.8) is 0 Å². The van der Waals surface area contributed by atoms with Crippen molar-refractivity contribution in [2.45, 2.75) is 180 Å². The molecule has 2 atom stereocenters. The number of esters is 1. The average Bonchev–Trinajstić information content (AvgIpc) is 2.85. The molecule has 0 aromatic heterocycles. The van der Waals surface area contributed by atoms with E-state index in [9.17, 15) is 9.90 Å². The Morgan fingerprint density at radius 2 is 1.23 bits per heavy atom. The largest absolute Gasteiger partial charge is 0.466 e. The zero-order valence-electron chi connectivity index (χ0n) is 23.5. The third kappa shape index (κ3) is 22.3. The van der Waals surface area contributed by atoms with Gasteiger partial charge in [0.2, 0.25) is 0 Å². The summed E-state index contributed by atoms with van der Waals surface area (Å²) in [6.07, 6.45) is 30.8. The summed E-state index contributed by atoms with van der Waals surface area (Å²) in [4.78, 5) is 11.9. The molecule has 0 saturated heterocycles. The quantitative estimate of drug-likeness (QED) is 0.0982. The first-order valence-electron chi connectivity index (χ1n) is 15.8. The minimum Gasteiger partial charge on any atom is -0.466 e. The minimum absolute atomic E-state index is 0.00659. The van der Waals surface area contributed by atoms with Gasteiger partial charge in [0.25, 0.3) is 0 Å². The molecule has 0 aromatic carbocycles. The van der Waals surface area contributed by atoms with Crippen LogP contribution in [-0.2, 0) is 9.53 Å². The lowest BCUT2D eigenvalue weighted by atomic mass is 9.93. The summed E-state index contributed by atoms with van der Waals surface area (Å²) < 4.78 is 5.41. The van der Waals surface area contributed by atoms with Crippen molar-refractivity contribution < 1.29 is 14.6 Å². The molecule has 4 heteroatoms. The van der Waals surface area contributed by atoms with Crippen LogP contribution in [0.1, 0.15) is 167 Å². The van der Waals surface area contributed by atoms with Crippen molar-refractivity contribution >= 4 is 5.97 Å². The molecule has 0 aromatic rings. The number of ether oxygens (including phenoxy) is 1. The molecule has 208 valence electrons. The van der Waals surface area contributed by atoms with Gasteiger partial charge in [-0.15, -0.1) is 0 Å². The maximum absolute atomic E-state index is 11.9. The number of carbonyl (C=O) groups is 1. The van der Waals surface area contributed by atoms with Crippen molar-refractivity contribution in [2.24, 2.45) is 0 Å². The highest BCUT2D eigenvalue weighted by molar-refractivity contribution is 5.69. The Kier molecular flexibility index (Phi) is 23.2. The monoisotopic (exact) mass is 495 g/mol. The summed E-state index contributed by atoms with van der Waals surface area (Å²) in [6, 6.07) is 0.512. The van der Waals surface area contributed by atoms with Gasteiger partial charge in [-0.25, -0.2) is 0 Å². The van der Waals surface area contributed by atoms with Crippen LogP contribution in [0.3, 0.4) is 0 Å².